The molecule has 0 aliphatic carbocycles. The summed E-state index contributed by atoms with van der Waals surface area (Å²) in [6, 6.07) is 5.04. The number of nitrogens with two attached hydrogens (primary N) is 1. The van der Waals surface area contributed by atoms with E-state index < -0.39 is 15.9 Å². The smallest absolute Gasteiger partial charge is 0.149 e. The molecule has 0 saturated heterocycles. The Morgan fingerprint density at radius 1 is 1.41 bits per heavy atom. The second kappa shape index (κ2) is 5.51. The topological polar surface area (TPSA) is 69.4 Å². The van der Waals surface area contributed by atoms with E-state index in [1.807, 2.05) is 32.0 Å². The van der Waals surface area contributed by atoms with Crippen LogP contribution >= 0.6 is 0 Å². The van der Waals surface area contributed by atoms with Crippen LogP contribution in [0.3, 0.4) is 0 Å². The highest BCUT2D eigenvalue weighted by Gasteiger charge is 2.14. The summed E-state index contributed by atoms with van der Waals surface area (Å²) >= 11 is 0. The monoisotopic (exact) mass is 257 g/mol. The lowest BCUT2D eigenvalue weighted by atomic mass is 10.1. The number of rotatable bonds is 5. The van der Waals surface area contributed by atoms with Crippen LogP contribution in [0.1, 0.15) is 24.1 Å². The van der Waals surface area contributed by atoms with Gasteiger partial charge in [-0.2, -0.15) is 0 Å². The summed E-state index contributed by atoms with van der Waals surface area (Å²) in [7, 11) is -3.07. The van der Waals surface area contributed by atoms with Crippen molar-refractivity contribution in [2.45, 2.75) is 19.9 Å². The zero-order valence-electron chi connectivity index (χ0n) is 10.4. The highest BCUT2D eigenvalue weighted by Crippen LogP contribution is 2.23. The fourth-order valence-corrected chi connectivity index (χ4v) is 2.43. The third-order valence-electron chi connectivity index (χ3n) is 2.42. The highest BCUT2D eigenvalue weighted by molar-refractivity contribution is 7.90. The van der Waals surface area contributed by atoms with Gasteiger partial charge < -0.3 is 10.5 Å². The number of hydrogen-bond donors (Lipinski definition) is 1. The zero-order valence-corrected chi connectivity index (χ0v) is 11.3. The number of hydrogen-bond acceptors (Lipinski definition) is 4. The molecular weight excluding hydrogens is 238 g/mol. The molecule has 0 aliphatic heterocycles. The first-order valence-electron chi connectivity index (χ1n) is 5.50. The molecule has 0 unspecified atom stereocenters. The van der Waals surface area contributed by atoms with Crippen molar-refractivity contribution >= 4 is 9.84 Å². The van der Waals surface area contributed by atoms with Crippen LogP contribution in [0.4, 0.5) is 0 Å². The Balaban J connectivity index is 2.95. The van der Waals surface area contributed by atoms with Crippen molar-refractivity contribution in [3.8, 4) is 5.75 Å². The lowest BCUT2D eigenvalue weighted by molar-refractivity contribution is 0.337. The lowest BCUT2D eigenvalue weighted by Crippen LogP contribution is -2.20. The minimum atomic E-state index is -3.07. The molecular formula is C12H19NO3S. The minimum absolute atomic E-state index is 0.0539. The first kappa shape index (κ1) is 14.0. The van der Waals surface area contributed by atoms with Crippen LogP contribution in [0.15, 0.2) is 18.2 Å². The van der Waals surface area contributed by atoms with E-state index in [1.165, 1.54) is 6.26 Å². The van der Waals surface area contributed by atoms with Crippen molar-refractivity contribution in [3.63, 3.8) is 0 Å². The van der Waals surface area contributed by atoms with E-state index in [4.69, 9.17) is 10.5 Å². The zero-order chi connectivity index (χ0) is 13.1. The van der Waals surface area contributed by atoms with Crippen molar-refractivity contribution < 1.29 is 13.2 Å². The van der Waals surface area contributed by atoms with E-state index in [0.717, 1.165) is 16.9 Å². The van der Waals surface area contributed by atoms with Gasteiger partial charge in [-0.15, -0.1) is 0 Å². The van der Waals surface area contributed by atoms with Crippen molar-refractivity contribution in [3.05, 3.63) is 29.3 Å². The average molecular weight is 257 g/mol. The van der Waals surface area contributed by atoms with Gasteiger partial charge in [-0.1, -0.05) is 12.1 Å². The van der Waals surface area contributed by atoms with E-state index in [9.17, 15) is 8.42 Å². The maximum Gasteiger partial charge on any atom is 0.149 e. The van der Waals surface area contributed by atoms with Crippen molar-refractivity contribution in [1.82, 2.24) is 0 Å². The molecule has 0 fully saturated rings. The molecule has 1 aromatic carbocycles. The molecule has 17 heavy (non-hydrogen) atoms. The van der Waals surface area contributed by atoms with Crippen LogP contribution in [0.2, 0.25) is 0 Å². The Kier molecular flexibility index (Phi) is 4.54. The standard InChI is InChI=1S/C12H19NO3S/c1-4-16-12-7-10(6-5-9(12)2)11(13)8-17(3,14)15/h5-7,11H,4,8,13H2,1-3H3/t11-/m1/s1. The number of benzene rings is 1. The van der Waals surface area contributed by atoms with Crippen LogP contribution in [-0.4, -0.2) is 27.0 Å². The summed E-state index contributed by atoms with van der Waals surface area (Å²) in [5.41, 5.74) is 7.66. The Morgan fingerprint density at radius 3 is 2.59 bits per heavy atom. The quantitative estimate of drug-likeness (QED) is 0.866. The van der Waals surface area contributed by atoms with Crippen LogP contribution in [0, 0.1) is 6.92 Å². The molecule has 0 spiro atoms. The Morgan fingerprint density at radius 2 is 2.06 bits per heavy atom. The van der Waals surface area contributed by atoms with E-state index in [-0.39, 0.29) is 5.75 Å². The summed E-state index contributed by atoms with van der Waals surface area (Å²) in [4.78, 5) is 0. The third kappa shape index (κ3) is 4.36. The molecule has 1 rings (SSSR count). The molecule has 1 aromatic rings. The van der Waals surface area contributed by atoms with Crippen molar-refractivity contribution in [2.24, 2.45) is 5.73 Å². The molecule has 0 radical (unpaired) electrons. The summed E-state index contributed by atoms with van der Waals surface area (Å²) < 4.78 is 27.8. The average Bonchev–Trinajstić information content (AvgIpc) is 2.19. The van der Waals surface area contributed by atoms with Crippen LogP contribution in [0.25, 0.3) is 0 Å². The molecule has 0 aliphatic rings. The molecule has 5 heteroatoms. The van der Waals surface area contributed by atoms with Crippen LogP contribution < -0.4 is 10.5 Å². The van der Waals surface area contributed by atoms with Gasteiger partial charge in [0.15, 0.2) is 0 Å². The fourth-order valence-electron chi connectivity index (χ4n) is 1.58. The number of aryl methyl sites for hydroxylation is 1. The maximum absolute atomic E-state index is 11.2. The third-order valence-corrected chi connectivity index (χ3v) is 3.39. The molecule has 1 atom stereocenters. The highest BCUT2D eigenvalue weighted by atomic mass is 32.2. The van der Waals surface area contributed by atoms with Gasteiger partial charge in [0.05, 0.1) is 12.4 Å². The summed E-state index contributed by atoms with van der Waals surface area (Å²) in [5.74, 6) is 0.704. The summed E-state index contributed by atoms with van der Waals surface area (Å²) in [6.07, 6.45) is 1.19. The molecule has 0 saturated carbocycles. The first-order chi connectivity index (χ1) is 7.83. The van der Waals surface area contributed by atoms with Crippen LogP contribution in [0.5, 0.6) is 5.75 Å². The first-order valence-corrected chi connectivity index (χ1v) is 7.56. The van der Waals surface area contributed by atoms with Gasteiger partial charge >= 0.3 is 0 Å². The largest absolute Gasteiger partial charge is 0.494 e. The van der Waals surface area contributed by atoms with Crippen LogP contribution in [-0.2, 0) is 9.84 Å². The van der Waals surface area contributed by atoms with Crippen molar-refractivity contribution in [2.75, 3.05) is 18.6 Å². The maximum atomic E-state index is 11.2. The van der Waals surface area contributed by atoms with Gasteiger partial charge in [-0.3, -0.25) is 0 Å². The molecule has 96 valence electrons. The number of sulfone groups is 1. The molecule has 0 heterocycles. The second-order valence-corrected chi connectivity index (χ2v) is 6.34. The van der Waals surface area contributed by atoms with E-state index in [1.54, 1.807) is 0 Å². The molecule has 2 N–H and O–H groups in total. The normalized spacial score (nSPS) is 13.4. The van der Waals surface area contributed by atoms with E-state index >= 15 is 0 Å². The Hall–Kier alpha value is -1.07. The van der Waals surface area contributed by atoms with Gasteiger partial charge in [0, 0.05) is 12.3 Å². The lowest BCUT2D eigenvalue weighted by Gasteiger charge is -2.14. The minimum Gasteiger partial charge on any atom is -0.494 e. The van der Waals surface area contributed by atoms with E-state index in [2.05, 4.69) is 0 Å². The van der Waals surface area contributed by atoms with Gasteiger partial charge in [0.1, 0.15) is 15.6 Å². The second-order valence-electron chi connectivity index (χ2n) is 4.16. The van der Waals surface area contributed by atoms with Gasteiger partial charge in [0.25, 0.3) is 0 Å². The Labute approximate surface area is 103 Å². The van der Waals surface area contributed by atoms with E-state index in [0.29, 0.717) is 6.61 Å². The molecule has 0 bridgehead atoms. The predicted molar refractivity (Wildman–Crippen MR) is 69.0 cm³/mol. The predicted octanol–water partition coefficient (Wildman–Crippen LogP) is 1.44. The molecule has 4 nitrogen and oxygen atoms in total. The molecule has 0 amide bonds. The number of ether oxygens (including phenoxy) is 1. The molecule has 0 aromatic heterocycles. The SMILES string of the molecule is CCOc1cc([C@H](N)CS(C)(=O)=O)ccc1C. The Bertz CT molecular complexity index is 483. The van der Waals surface area contributed by atoms with Gasteiger partial charge in [-0.25, -0.2) is 8.42 Å². The van der Waals surface area contributed by atoms with Gasteiger partial charge in [-0.05, 0) is 31.0 Å². The fraction of sp³-hybridized carbons (Fsp3) is 0.500. The van der Waals surface area contributed by atoms with Gasteiger partial charge in [0.2, 0.25) is 0 Å². The summed E-state index contributed by atoms with van der Waals surface area (Å²) in [6.45, 7) is 4.42. The summed E-state index contributed by atoms with van der Waals surface area (Å²) in [5, 5.41) is 0. The van der Waals surface area contributed by atoms with Crippen molar-refractivity contribution in [1.29, 1.82) is 0 Å².